The molecule has 0 aliphatic carbocycles. The van der Waals surface area contributed by atoms with Crippen LogP contribution >= 0.6 is 0 Å². The lowest BCUT2D eigenvalue weighted by molar-refractivity contribution is 0.0307. The summed E-state index contributed by atoms with van der Waals surface area (Å²) >= 11 is 0. The predicted molar refractivity (Wildman–Crippen MR) is 70.3 cm³/mol. The highest BCUT2D eigenvalue weighted by Gasteiger charge is 2.35. The molecule has 1 aromatic heterocycles. The van der Waals surface area contributed by atoms with Gasteiger partial charge in [-0.3, -0.25) is 0 Å². The van der Waals surface area contributed by atoms with Crippen molar-refractivity contribution in [2.45, 2.75) is 31.0 Å². The topological polar surface area (TPSA) is 71.8 Å². The maximum atomic E-state index is 12.5. The lowest BCUT2D eigenvalue weighted by Gasteiger charge is -2.33. The molecule has 2 rings (SSSR count). The Kier molecular flexibility index (Phi) is 4.62. The van der Waals surface area contributed by atoms with Crippen LogP contribution in [-0.4, -0.2) is 45.6 Å². The number of nitrogens with one attached hydrogen (secondary N) is 1. The number of ether oxygens (including phenoxy) is 1. The van der Waals surface area contributed by atoms with Gasteiger partial charge in [0.25, 0.3) is 10.0 Å². The quantitative estimate of drug-likeness (QED) is 0.867. The second-order valence-electron chi connectivity index (χ2n) is 4.50. The van der Waals surface area contributed by atoms with Crippen LogP contribution in [0.1, 0.15) is 19.1 Å². The van der Waals surface area contributed by atoms with Crippen LogP contribution in [0.15, 0.2) is 21.6 Å². The molecular weight excluding hydrogens is 268 g/mol. The maximum Gasteiger partial charge on any atom is 0.276 e. The highest BCUT2D eigenvalue weighted by Crippen LogP contribution is 2.23. The smallest absolute Gasteiger partial charge is 0.276 e. The van der Waals surface area contributed by atoms with E-state index < -0.39 is 10.0 Å². The van der Waals surface area contributed by atoms with Gasteiger partial charge < -0.3 is 14.5 Å². The Morgan fingerprint density at radius 2 is 2.26 bits per heavy atom. The highest BCUT2D eigenvalue weighted by atomic mass is 32.2. The van der Waals surface area contributed by atoms with Gasteiger partial charge in [0.05, 0.1) is 19.8 Å². The summed E-state index contributed by atoms with van der Waals surface area (Å²) in [6.45, 7) is 3.72. The average Bonchev–Trinajstić information content (AvgIpc) is 2.88. The van der Waals surface area contributed by atoms with E-state index in [1.807, 2.05) is 6.92 Å². The monoisotopic (exact) mass is 288 g/mol. The minimum atomic E-state index is -3.56. The van der Waals surface area contributed by atoms with Gasteiger partial charge in [0.15, 0.2) is 0 Å². The van der Waals surface area contributed by atoms with Crippen molar-refractivity contribution in [1.29, 1.82) is 0 Å². The molecule has 1 unspecified atom stereocenters. The molecule has 7 heteroatoms. The van der Waals surface area contributed by atoms with Gasteiger partial charge in [-0.15, -0.1) is 0 Å². The summed E-state index contributed by atoms with van der Waals surface area (Å²) in [7, 11) is -1.78. The molecule has 19 heavy (non-hydrogen) atoms. The fraction of sp³-hybridized carbons (Fsp3) is 0.667. The second-order valence-corrected chi connectivity index (χ2v) is 6.33. The summed E-state index contributed by atoms with van der Waals surface area (Å²) in [5.41, 5.74) is 0. The van der Waals surface area contributed by atoms with Crippen LogP contribution in [-0.2, 0) is 21.3 Å². The van der Waals surface area contributed by atoms with Crippen LogP contribution in [0.5, 0.6) is 0 Å². The molecule has 0 bridgehead atoms. The molecule has 0 amide bonds. The summed E-state index contributed by atoms with van der Waals surface area (Å²) in [5, 5.41) is 2.94. The number of sulfonamides is 1. The average molecular weight is 288 g/mol. The molecule has 108 valence electrons. The van der Waals surface area contributed by atoms with E-state index in [1.165, 1.54) is 10.4 Å². The zero-order valence-electron chi connectivity index (χ0n) is 11.3. The molecule has 1 aliphatic heterocycles. The van der Waals surface area contributed by atoms with Gasteiger partial charge >= 0.3 is 0 Å². The molecule has 6 nitrogen and oxygen atoms in total. The van der Waals surface area contributed by atoms with Crippen molar-refractivity contribution in [2.75, 3.05) is 26.8 Å². The van der Waals surface area contributed by atoms with Crippen molar-refractivity contribution < 1.29 is 17.6 Å². The first-order valence-corrected chi connectivity index (χ1v) is 7.86. The summed E-state index contributed by atoms with van der Waals surface area (Å²) in [4.78, 5) is 0. The van der Waals surface area contributed by atoms with Crippen LogP contribution < -0.4 is 5.32 Å². The third kappa shape index (κ3) is 3.00. The normalized spacial score (nSPS) is 21.7. The summed E-state index contributed by atoms with van der Waals surface area (Å²) in [6.07, 6.45) is 0.726. The van der Waals surface area contributed by atoms with Crippen molar-refractivity contribution in [3.05, 3.63) is 17.9 Å². The molecule has 0 radical (unpaired) electrons. The summed E-state index contributed by atoms with van der Waals surface area (Å²) < 4.78 is 37.3. The highest BCUT2D eigenvalue weighted by molar-refractivity contribution is 7.89. The minimum Gasteiger partial charge on any atom is -0.447 e. The maximum absolute atomic E-state index is 12.5. The van der Waals surface area contributed by atoms with Crippen LogP contribution in [0.2, 0.25) is 0 Å². The fourth-order valence-corrected chi connectivity index (χ4v) is 3.76. The van der Waals surface area contributed by atoms with Gasteiger partial charge in [-0.05, 0) is 25.6 Å². The molecule has 1 fully saturated rings. The van der Waals surface area contributed by atoms with Crippen molar-refractivity contribution >= 4 is 10.0 Å². The van der Waals surface area contributed by atoms with E-state index in [-0.39, 0.29) is 11.1 Å². The number of morpholine rings is 1. The number of furan rings is 1. The molecule has 0 aromatic carbocycles. The van der Waals surface area contributed by atoms with E-state index in [0.717, 1.165) is 6.42 Å². The molecule has 1 N–H and O–H groups in total. The predicted octanol–water partition coefficient (Wildman–Crippen LogP) is 0.798. The van der Waals surface area contributed by atoms with E-state index in [9.17, 15) is 8.42 Å². The Morgan fingerprint density at radius 3 is 2.95 bits per heavy atom. The van der Waals surface area contributed by atoms with Gasteiger partial charge in [0.2, 0.25) is 5.09 Å². The lowest BCUT2D eigenvalue weighted by atomic mass is 10.2. The van der Waals surface area contributed by atoms with Crippen molar-refractivity contribution in [3.8, 4) is 0 Å². The SMILES string of the molecule is CCC1COCCN1S(=O)(=O)c1ccc(CNC)o1. The van der Waals surface area contributed by atoms with Crippen LogP contribution in [0.25, 0.3) is 0 Å². The third-order valence-electron chi connectivity index (χ3n) is 3.20. The summed E-state index contributed by atoms with van der Waals surface area (Å²) in [6, 6.07) is 3.09. The standard InChI is InChI=1S/C12H20N2O4S/c1-3-10-9-17-7-6-14(10)19(15,16)12-5-4-11(18-12)8-13-2/h4-5,10,13H,3,6-9H2,1-2H3. The molecule has 1 aliphatic rings. The van der Waals surface area contributed by atoms with Crippen molar-refractivity contribution in [2.24, 2.45) is 0 Å². The first-order valence-electron chi connectivity index (χ1n) is 6.42. The largest absolute Gasteiger partial charge is 0.447 e. The Morgan fingerprint density at radius 1 is 1.47 bits per heavy atom. The first-order chi connectivity index (χ1) is 9.09. The van der Waals surface area contributed by atoms with Crippen molar-refractivity contribution in [3.63, 3.8) is 0 Å². The van der Waals surface area contributed by atoms with E-state index in [2.05, 4.69) is 5.32 Å². The zero-order valence-corrected chi connectivity index (χ0v) is 12.1. The van der Waals surface area contributed by atoms with E-state index in [0.29, 0.717) is 32.1 Å². The molecule has 1 atom stereocenters. The molecule has 1 aromatic rings. The van der Waals surface area contributed by atoms with Gasteiger partial charge in [0.1, 0.15) is 5.76 Å². The van der Waals surface area contributed by atoms with Crippen molar-refractivity contribution in [1.82, 2.24) is 9.62 Å². The lowest BCUT2D eigenvalue weighted by Crippen LogP contribution is -2.48. The first kappa shape index (κ1) is 14.5. The minimum absolute atomic E-state index is 0.0121. The Bertz CT molecular complexity index is 512. The van der Waals surface area contributed by atoms with Gasteiger partial charge in [-0.25, -0.2) is 8.42 Å². The Balaban J connectivity index is 2.24. The van der Waals surface area contributed by atoms with Crippen LogP contribution in [0.3, 0.4) is 0 Å². The number of hydrogen-bond donors (Lipinski definition) is 1. The number of nitrogens with zero attached hydrogens (tertiary/aromatic N) is 1. The van der Waals surface area contributed by atoms with E-state index in [4.69, 9.17) is 9.15 Å². The Hall–Kier alpha value is -0.890. The van der Waals surface area contributed by atoms with Crippen LogP contribution in [0, 0.1) is 0 Å². The van der Waals surface area contributed by atoms with Gasteiger partial charge in [-0.2, -0.15) is 4.31 Å². The van der Waals surface area contributed by atoms with Gasteiger partial charge in [-0.1, -0.05) is 6.92 Å². The summed E-state index contributed by atoms with van der Waals surface area (Å²) in [5.74, 6) is 0.613. The van der Waals surface area contributed by atoms with E-state index in [1.54, 1.807) is 13.1 Å². The fourth-order valence-electron chi connectivity index (χ4n) is 2.16. The molecule has 0 saturated carbocycles. The second kappa shape index (κ2) is 6.04. The number of rotatable bonds is 5. The molecule has 1 saturated heterocycles. The number of hydrogen-bond acceptors (Lipinski definition) is 5. The molecule has 2 heterocycles. The zero-order chi connectivity index (χ0) is 13.9. The molecule has 0 spiro atoms. The van der Waals surface area contributed by atoms with Gasteiger partial charge in [0, 0.05) is 12.6 Å². The Labute approximate surface area is 113 Å². The van der Waals surface area contributed by atoms with E-state index >= 15 is 0 Å². The third-order valence-corrected chi connectivity index (χ3v) is 5.02. The molecular formula is C12H20N2O4S. The van der Waals surface area contributed by atoms with Crippen LogP contribution in [0.4, 0.5) is 0 Å².